The van der Waals surface area contributed by atoms with Crippen LogP contribution in [0.15, 0.2) is 0 Å². The van der Waals surface area contributed by atoms with Crippen LogP contribution in [-0.4, -0.2) is 25.0 Å². The van der Waals surface area contributed by atoms with Crippen LogP contribution in [0.2, 0.25) is 0 Å². The summed E-state index contributed by atoms with van der Waals surface area (Å²) in [6.07, 6.45) is 4.88. The zero-order chi connectivity index (χ0) is 14.5. The van der Waals surface area contributed by atoms with Gasteiger partial charge in [-0.25, -0.2) is 0 Å². The average molecular weight is 269 g/mol. The lowest BCUT2D eigenvalue weighted by Crippen LogP contribution is -2.44. The lowest BCUT2D eigenvalue weighted by Gasteiger charge is -2.29. The lowest BCUT2D eigenvalue weighted by atomic mass is 9.80. The van der Waals surface area contributed by atoms with Gasteiger partial charge in [0.1, 0.15) is 5.92 Å². The van der Waals surface area contributed by atoms with Crippen LogP contribution >= 0.6 is 0 Å². The van der Waals surface area contributed by atoms with Crippen molar-refractivity contribution in [1.29, 1.82) is 0 Å². The molecule has 1 rings (SSSR count). The second-order valence-corrected chi connectivity index (χ2v) is 6.43. The molecule has 1 saturated carbocycles. The Kier molecular flexibility index (Phi) is 5.83. The Bertz CT molecular complexity index is 316. The Balaban J connectivity index is 2.48. The zero-order valence-corrected chi connectivity index (χ0v) is 12.6. The molecule has 4 nitrogen and oxygen atoms in total. The van der Waals surface area contributed by atoms with E-state index in [9.17, 15) is 9.59 Å². The van der Waals surface area contributed by atoms with Gasteiger partial charge in [0.2, 0.25) is 5.91 Å². The number of esters is 1. The van der Waals surface area contributed by atoms with E-state index in [1.807, 2.05) is 20.8 Å². The molecule has 4 heteroatoms. The summed E-state index contributed by atoms with van der Waals surface area (Å²) in [5.41, 5.74) is -0.424. The predicted molar refractivity (Wildman–Crippen MR) is 74.5 cm³/mol. The van der Waals surface area contributed by atoms with E-state index in [0.29, 0.717) is 13.2 Å². The van der Waals surface area contributed by atoms with E-state index in [1.165, 1.54) is 19.3 Å². The van der Waals surface area contributed by atoms with E-state index >= 15 is 0 Å². The molecule has 0 aliphatic heterocycles. The Morgan fingerprint density at radius 1 is 1.32 bits per heavy atom. The second-order valence-electron chi connectivity index (χ2n) is 6.43. The second kappa shape index (κ2) is 6.92. The SMILES string of the molecule is CCOC(=O)C(C(=O)NCCC1CCC1)C(C)(C)C. The maximum atomic E-state index is 12.2. The highest BCUT2D eigenvalue weighted by Crippen LogP contribution is 2.29. The molecule has 1 unspecified atom stereocenters. The molecule has 1 fully saturated rings. The van der Waals surface area contributed by atoms with E-state index in [4.69, 9.17) is 4.74 Å². The smallest absolute Gasteiger partial charge is 0.319 e. The van der Waals surface area contributed by atoms with E-state index in [2.05, 4.69) is 5.32 Å². The van der Waals surface area contributed by atoms with Crippen molar-refractivity contribution in [2.75, 3.05) is 13.2 Å². The molecule has 0 aromatic rings. The minimum atomic E-state index is -0.728. The summed E-state index contributed by atoms with van der Waals surface area (Å²) < 4.78 is 5.01. The predicted octanol–water partition coefficient (Wildman–Crippen LogP) is 2.52. The van der Waals surface area contributed by atoms with Gasteiger partial charge in [-0.2, -0.15) is 0 Å². The van der Waals surface area contributed by atoms with Gasteiger partial charge in [-0.3, -0.25) is 9.59 Å². The van der Waals surface area contributed by atoms with Crippen LogP contribution in [0.1, 0.15) is 53.4 Å². The van der Waals surface area contributed by atoms with Crippen molar-refractivity contribution >= 4 is 11.9 Å². The summed E-state index contributed by atoms with van der Waals surface area (Å²) in [5.74, 6) is -0.591. The first-order valence-electron chi connectivity index (χ1n) is 7.30. The number of carbonyl (C=O) groups excluding carboxylic acids is 2. The van der Waals surface area contributed by atoms with Gasteiger partial charge in [0.25, 0.3) is 0 Å². The highest BCUT2D eigenvalue weighted by Gasteiger charge is 2.38. The minimum Gasteiger partial charge on any atom is -0.465 e. The monoisotopic (exact) mass is 269 g/mol. The van der Waals surface area contributed by atoms with Gasteiger partial charge in [-0.15, -0.1) is 0 Å². The van der Waals surface area contributed by atoms with E-state index in [0.717, 1.165) is 12.3 Å². The summed E-state index contributed by atoms with van der Waals surface area (Å²) in [5, 5.41) is 2.89. The van der Waals surface area contributed by atoms with Crippen LogP contribution in [0.3, 0.4) is 0 Å². The van der Waals surface area contributed by atoms with Gasteiger partial charge in [-0.1, -0.05) is 40.0 Å². The fourth-order valence-electron chi connectivity index (χ4n) is 2.36. The molecule has 0 radical (unpaired) electrons. The molecular weight excluding hydrogens is 242 g/mol. The highest BCUT2D eigenvalue weighted by molar-refractivity contribution is 5.98. The minimum absolute atomic E-state index is 0.203. The van der Waals surface area contributed by atoms with E-state index in [1.54, 1.807) is 6.92 Å². The number of hydrogen-bond acceptors (Lipinski definition) is 3. The van der Waals surface area contributed by atoms with Gasteiger partial charge < -0.3 is 10.1 Å². The third kappa shape index (κ3) is 4.84. The van der Waals surface area contributed by atoms with Gasteiger partial charge in [0, 0.05) is 6.54 Å². The summed E-state index contributed by atoms with van der Waals surface area (Å²) in [4.78, 5) is 24.1. The van der Waals surface area contributed by atoms with Crippen molar-refractivity contribution in [3.63, 3.8) is 0 Å². The molecule has 0 heterocycles. The van der Waals surface area contributed by atoms with Crippen molar-refractivity contribution in [2.24, 2.45) is 17.3 Å². The third-order valence-electron chi connectivity index (χ3n) is 3.73. The highest BCUT2D eigenvalue weighted by atomic mass is 16.5. The first-order chi connectivity index (χ1) is 8.86. The van der Waals surface area contributed by atoms with Crippen molar-refractivity contribution in [2.45, 2.75) is 53.4 Å². The first kappa shape index (κ1) is 16.0. The number of nitrogens with one attached hydrogen (secondary N) is 1. The van der Waals surface area contributed by atoms with Crippen molar-refractivity contribution in [3.8, 4) is 0 Å². The van der Waals surface area contributed by atoms with Gasteiger partial charge in [0.15, 0.2) is 0 Å². The molecule has 0 aromatic heterocycles. The average Bonchev–Trinajstić information content (AvgIpc) is 2.20. The normalized spacial score (nSPS) is 17.5. The molecule has 0 saturated heterocycles. The Labute approximate surface area is 116 Å². The third-order valence-corrected chi connectivity index (χ3v) is 3.73. The molecule has 110 valence electrons. The number of ether oxygens (including phenoxy) is 1. The molecule has 1 aliphatic carbocycles. The number of rotatable bonds is 6. The number of hydrogen-bond donors (Lipinski definition) is 1. The topological polar surface area (TPSA) is 55.4 Å². The lowest BCUT2D eigenvalue weighted by molar-refractivity contribution is -0.156. The van der Waals surface area contributed by atoms with Crippen LogP contribution in [0.5, 0.6) is 0 Å². The molecule has 1 amide bonds. The fraction of sp³-hybridized carbons (Fsp3) is 0.867. The largest absolute Gasteiger partial charge is 0.465 e. The summed E-state index contributed by atoms with van der Waals surface area (Å²) in [6.45, 7) is 8.39. The maximum Gasteiger partial charge on any atom is 0.319 e. The Hall–Kier alpha value is -1.06. The molecule has 1 aliphatic rings. The van der Waals surface area contributed by atoms with Crippen LogP contribution in [0.4, 0.5) is 0 Å². The number of carbonyl (C=O) groups is 2. The maximum absolute atomic E-state index is 12.2. The van der Waals surface area contributed by atoms with Gasteiger partial charge in [0.05, 0.1) is 6.61 Å². The van der Waals surface area contributed by atoms with Crippen molar-refractivity contribution < 1.29 is 14.3 Å². The zero-order valence-electron chi connectivity index (χ0n) is 12.6. The molecule has 0 aromatic carbocycles. The Morgan fingerprint density at radius 3 is 2.37 bits per heavy atom. The van der Waals surface area contributed by atoms with E-state index < -0.39 is 17.3 Å². The summed E-state index contributed by atoms with van der Waals surface area (Å²) in [7, 11) is 0. The summed E-state index contributed by atoms with van der Waals surface area (Å²) in [6, 6.07) is 0. The van der Waals surface area contributed by atoms with E-state index in [-0.39, 0.29) is 5.91 Å². The van der Waals surface area contributed by atoms with Crippen LogP contribution < -0.4 is 5.32 Å². The molecule has 1 atom stereocenters. The van der Waals surface area contributed by atoms with Crippen LogP contribution in [-0.2, 0) is 14.3 Å². The van der Waals surface area contributed by atoms with Gasteiger partial charge in [-0.05, 0) is 24.7 Å². The molecular formula is C15H27NO3. The van der Waals surface area contributed by atoms with Gasteiger partial charge >= 0.3 is 5.97 Å². The molecule has 0 spiro atoms. The van der Waals surface area contributed by atoms with Crippen LogP contribution in [0.25, 0.3) is 0 Å². The van der Waals surface area contributed by atoms with Crippen molar-refractivity contribution in [3.05, 3.63) is 0 Å². The first-order valence-corrected chi connectivity index (χ1v) is 7.30. The van der Waals surface area contributed by atoms with Crippen LogP contribution in [0, 0.1) is 17.3 Å². The Morgan fingerprint density at radius 2 is 1.95 bits per heavy atom. The molecule has 1 N–H and O–H groups in total. The standard InChI is InChI=1S/C15H27NO3/c1-5-19-14(18)12(15(2,3)4)13(17)16-10-9-11-7-6-8-11/h11-12H,5-10H2,1-4H3,(H,16,17). The summed E-state index contributed by atoms with van der Waals surface area (Å²) >= 11 is 0. The quantitative estimate of drug-likeness (QED) is 0.595. The van der Waals surface area contributed by atoms with Crippen molar-refractivity contribution in [1.82, 2.24) is 5.32 Å². The number of amides is 1. The fourth-order valence-corrected chi connectivity index (χ4v) is 2.36. The molecule has 0 bridgehead atoms. The molecule has 19 heavy (non-hydrogen) atoms.